The quantitative estimate of drug-likeness (QED) is 0.704. The van der Waals surface area contributed by atoms with Crippen molar-refractivity contribution in [3.8, 4) is 5.82 Å². The van der Waals surface area contributed by atoms with Gasteiger partial charge in [-0.25, -0.2) is 19.0 Å². The van der Waals surface area contributed by atoms with Crippen molar-refractivity contribution in [2.45, 2.75) is 19.3 Å². The van der Waals surface area contributed by atoms with Crippen LogP contribution in [0.2, 0.25) is 0 Å². The molecular formula is C18H19FN6OS. The Bertz CT molecular complexity index is 916. The molecule has 4 rings (SSSR count). The molecule has 1 amide bonds. The van der Waals surface area contributed by atoms with E-state index < -0.39 is 5.82 Å². The zero-order valence-corrected chi connectivity index (χ0v) is 15.4. The van der Waals surface area contributed by atoms with Crippen LogP contribution in [0.1, 0.15) is 28.3 Å². The number of hydrogen-bond donors (Lipinski definition) is 2. The van der Waals surface area contributed by atoms with Crippen LogP contribution in [0.25, 0.3) is 5.82 Å². The summed E-state index contributed by atoms with van der Waals surface area (Å²) < 4.78 is 14.4. The van der Waals surface area contributed by atoms with E-state index in [9.17, 15) is 9.18 Å². The predicted molar refractivity (Wildman–Crippen MR) is 101 cm³/mol. The van der Waals surface area contributed by atoms with Crippen LogP contribution < -0.4 is 10.6 Å². The number of piperidine rings is 1. The normalized spacial score (nSPS) is 17.0. The number of pyridine rings is 1. The maximum atomic E-state index is 13.0. The Kier molecular flexibility index (Phi) is 5.21. The van der Waals surface area contributed by atoms with E-state index in [4.69, 9.17) is 0 Å². The third-order valence-electron chi connectivity index (χ3n) is 4.42. The molecule has 27 heavy (non-hydrogen) atoms. The third-order valence-corrected chi connectivity index (χ3v) is 5.29. The Morgan fingerprint density at radius 3 is 3.11 bits per heavy atom. The number of nitrogens with zero attached hydrogens (tertiary/aromatic N) is 4. The van der Waals surface area contributed by atoms with E-state index in [-0.39, 0.29) is 5.91 Å². The molecule has 1 aliphatic heterocycles. The number of carbonyl (C=O) groups excluding carboxylic acids is 1. The molecule has 1 atom stereocenters. The minimum atomic E-state index is -0.414. The molecule has 3 aromatic rings. The van der Waals surface area contributed by atoms with Crippen molar-refractivity contribution >= 4 is 23.1 Å². The lowest BCUT2D eigenvalue weighted by Gasteiger charge is -2.21. The molecule has 2 N–H and O–H groups in total. The number of aromatic nitrogens is 4. The lowest BCUT2D eigenvalue weighted by Crippen LogP contribution is -2.30. The molecule has 7 nitrogen and oxygen atoms in total. The van der Waals surface area contributed by atoms with Crippen molar-refractivity contribution in [2.75, 3.05) is 18.4 Å². The Morgan fingerprint density at radius 2 is 2.33 bits per heavy atom. The van der Waals surface area contributed by atoms with Gasteiger partial charge in [-0.2, -0.15) is 0 Å². The number of thiazole rings is 1. The minimum Gasteiger partial charge on any atom is -0.316 e. The first-order valence-electron chi connectivity index (χ1n) is 8.81. The first kappa shape index (κ1) is 17.7. The average molecular weight is 386 g/mol. The number of nitrogens with one attached hydrogen (secondary N) is 2. The summed E-state index contributed by atoms with van der Waals surface area (Å²) in [5, 5.41) is 13.1. The van der Waals surface area contributed by atoms with Crippen LogP contribution >= 0.6 is 11.3 Å². The smallest absolute Gasteiger partial charge is 0.276 e. The van der Waals surface area contributed by atoms with Crippen LogP contribution in [-0.2, 0) is 6.42 Å². The van der Waals surface area contributed by atoms with E-state index >= 15 is 0 Å². The van der Waals surface area contributed by atoms with E-state index in [2.05, 4.69) is 25.7 Å². The standard InChI is InChI=1S/C18H19FN6OS/c19-13-3-4-16(21-10-13)25-7-5-15(24-25)23-18(26)14-11-27-17(22-14)8-12-2-1-6-20-9-12/h3-5,7,10-12,20H,1-2,6,8-9H2,(H,23,24,26). The van der Waals surface area contributed by atoms with Gasteiger partial charge in [0, 0.05) is 24.1 Å². The largest absolute Gasteiger partial charge is 0.316 e. The van der Waals surface area contributed by atoms with E-state index in [1.54, 1.807) is 17.6 Å². The lowest BCUT2D eigenvalue weighted by molar-refractivity contribution is 0.102. The van der Waals surface area contributed by atoms with Gasteiger partial charge in [-0.1, -0.05) is 0 Å². The summed E-state index contributed by atoms with van der Waals surface area (Å²) in [6.45, 7) is 2.10. The summed E-state index contributed by atoms with van der Waals surface area (Å²) in [4.78, 5) is 20.8. The summed E-state index contributed by atoms with van der Waals surface area (Å²) in [5.41, 5.74) is 0.397. The molecule has 1 saturated heterocycles. The molecule has 1 unspecified atom stereocenters. The molecule has 140 valence electrons. The molecule has 0 bridgehead atoms. The van der Waals surface area contributed by atoms with E-state index in [1.165, 1.54) is 41.0 Å². The van der Waals surface area contributed by atoms with Crippen LogP contribution in [0.4, 0.5) is 10.2 Å². The maximum absolute atomic E-state index is 13.0. The van der Waals surface area contributed by atoms with Crippen molar-refractivity contribution in [2.24, 2.45) is 5.92 Å². The molecule has 0 radical (unpaired) electrons. The van der Waals surface area contributed by atoms with Crippen LogP contribution in [0.5, 0.6) is 0 Å². The van der Waals surface area contributed by atoms with Crippen LogP contribution in [-0.4, -0.2) is 38.7 Å². The van der Waals surface area contributed by atoms with Gasteiger partial charge >= 0.3 is 0 Å². The molecule has 0 saturated carbocycles. The average Bonchev–Trinajstić information content (AvgIpc) is 3.33. The summed E-state index contributed by atoms with van der Waals surface area (Å²) in [5.74, 6) is 0.727. The van der Waals surface area contributed by atoms with Gasteiger partial charge in [0.05, 0.1) is 11.2 Å². The predicted octanol–water partition coefficient (Wildman–Crippen LogP) is 2.66. The minimum absolute atomic E-state index is 0.295. The van der Waals surface area contributed by atoms with Crippen LogP contribution in [0, 0.1) is 11.7 Å². The Labute approximate surface area is 159 Å². The maximum Gasteiger partial charge on any atom is 0.276 e. The topological polar surface area (TPSA) is 84.7 Å². The SMILES string of the molecule is O=C(Nc1ccn(-c2ccc(F)cn2)n1)c1csc(CC2CCCNC2)n1. The second-order valence-corrected chi connectivity index (χ2v) is 7.42. The van der Waals surface area contributed by atoms with Crippen molar-refractivity contribution in [1.82, 2.24) is 25.1 Å². The highest BCUT2D eigenvalue weighted by atomic mass is 32.1. The number of anilines is 1. The zero-order chi connectivity index (χ0) is 18.6. The molecule has 9 heteroatoms. The number of hydrogen-bond acceptors (Lipinski definition) is 6. The fourth-order valence-electron chi connectivity index (χ4n) is 3.06. The molecule has 4 heterocycles. The third kappa shape index (κ3) is 4.37. The number of rotatable bonds is 5. The number of amides is 1. The van der Waals surface area contributed by atoms with Crippen LogP contribution in [0.3, 0.4) is 0 Å². The first-order chi connectivity index (χ1) is 13.2. The van der Waals surface area contributed by atoms with Crippen molar-refractivity contribution in [1.29, 1.82) is 0 Å². The van der Waals surface area contributed by atoms with Gasteiger partial charge in [-0.3, -0.25) is 4.79 Å². The highest BCUT2D eigenvalue weighted by Crippen LogP contribution is 2.20. The Balaban J connectivity index is 1.38. The van der Waals surface area contributed by atoms with E-state index in [0.29, 0.717) is 23.2 Å². The van der Waals surface area contributed by atoms with Crippen molar-refractivity contribution < 1.29 is 9.18 Å². The number of halogens is 1. The van der Waals surface area contributed by atoms with Gasteiger partial charge in [-0.15, -0.1) is 16.4 Å². The van der Waals surface area contributed by atoms with Crippen molar-refractivity contribution in [3.63, 3.8) is 0 Å². The second kappa shape index (κ2) is 7.93. The fraction of sp³-hybridized carbons (Fsp3) is 0.333. The van der Waals surface area contributed by atoms with Crippen molar-refractivity contribution in [3.05, 3.63) is 52.5 Å². The molecule has 3 aromatic heterocycles. The van der Waals surface area contributed by atoms with Gasteiger partial charge in [0.25, 0.3) is 5.91 Å². The fourth-order valence-corrected chi connectivity index (χ4v) is 3.95. The molecule has 0 aromatic carbocycles. The highest BCUT2D eigenvalue weighted by Gasteiger charge is 2.17. The molecule has 1 fully saturated rings. The van der Waals surface area contributed by atoms with E-state index in [1.807, 2.05) is 0 Å². The highest BCUT2D eigenvalue weighted by molar-refractivity contribution is 7.09. The summed E-state index contributed by atoms with van der Waals surface area (Å²) >= 11 is 1.51. The summed E-state index contributed by atoms with van der Waals surface area (Å²) in [6, 6.07) is 4.48. The van der Waals surface area contributed by atoms with E-state index in [0.717, 1.165) is 30.7 Å². The lowest BCUT2D eigenvalue weighted by atomic mass is 9.97. The molecular weight excluding hydrogens is 367 g/mol. The second-order valence-electron chi connectivity index (χ2n) is 6.48. The van der Waals surface area contributed by atoms with Crippen LogP contribution in [0.15, 0.2) is 36.0 Å². The summed E-state index contributed by atoms with van der Waals surface area (Å²) in [6.07, 6.45) is 6.06. The van der Waals surface area contributed by atoms with Gasteiger partial charge < -0.3 is 10.6 Å². The number of carbonyl (C=O) groups is 1. The Morgan fingerprint density at radius 1 is 1.41 bits per heavy atom. The molecule has 0 aliphatic carbocycles. The molecule has 0 spiro atoms. The van der Waals surface area contributed by atoms with Gasteiger partial charge in [-0.05, 0) is 44.0 Å². The first-order valence-corrected chi connectivity index (χ1v) is 9.69. The molecule has 1 aliphatic rings. The van der Waals surface area contributed by atoms with Gasteiger partial charge in [0.1, 0.15) is 11.5 Å². The van der Waals surface area contributed by atoms with Gasteiger partial charge in [0.15, 0.2) is 11.6 Å². The Hall–Kier alpha value is -2.65. The summed E-state index contributed by atoms with van der Waals surface area (Å²) in [7, 11) is 0. The van der Waals surface area contributed by atoms with Gasteiger partial charge in [0.2, 0.25) is 0 Å². The zero-order valence-electron chi connectivity index (χ0n) is 14.6. The monoisotopic (exact) mass is 386 g/mol.